The second kappa shape index (κ2) is 5.65. The lowest BCUT2D eigenvalue weighted by Gasteiger charge is -2.19. The van der Waals surface area contributed by atoms with Crippen molar-refractivity contribution in [1.29, 1.82) is 0 Å². The quantitative estimate of drug-likeness (QED) is 0.682. The molecule has 0 aromatic heterocycles. The average Bonchev–Trinajstić information content (AvgIpc) is 2.91. The van der Waals surface area contributed by atoms with E-state index < -0.39 is 10.0 Å². The third kappa shape index (κ3) is 4.54. The Labute approximate surface area is 103 Å². The van der Waals surface area contributed by atoms with Crippen LogP contribution in [-0.2, 0) is 14.8 Å². The Hall–Kier alpha value is -0.170. The van der Waals surface area contributed by atoms with Crippen LogP contribution in [0, 0.1) is 5.92 Å². The Morgan fingerprint density at radius 1 is 1.35 bits per heavy atom. The minimum absolute atomic E-state index is 0.0246. The third-order valence-electron chi connectivity index (χ3n) is 3.42. The number of nitrogens with one attached hydrogen (secondary N) is 2. The molecule has 0 spiro atoms. The average molecular weight is 262 g/mol. The molecule has 1 aliphatic carbocycles. The molecule has 2 N–H and O–H groups in total. The van der Waals surface area contributed by atoms with Crippen LogP contribution in [-0.4, -0.2) is 46.0 Å². The zero-order chi connectivity index (χ0) is 12.3. The number of hydrogen-bond donors (Lipinski definition) is 2. The van der Waals surface area contributed by atoms with Gasteiger partial charge < -0.3 is 10.1 Å². The number of rotatable bonds is 7. The second-order valence-electron chi connectivity index (χ2n) is 5.08. The summed E-state index contributed by atoms with van der Waals surface area (Å²) in [5.74, 6) is 0.489. The summed E-state index contributed by atoms with van der Waals surface area (Å²) < 4.78 is 31.6. The van der Waals surface area contributed by atoms with E-state index in [0.717, 1.165) is 13.0 Å². The summed E-state index contributed by atoms with van der Waals surface area (Å²) in [5.41, 5.74) is 0. The molecule has 2 fully saturated rings. The molecule has 1 saturated heterocycles. The first-order valence-corrected chi connectivity index (χ1v) is 8.03. The van der Waals surface area contributed by atoms with Gasteiger partial charge in [-0.25, -0.2) is 13.1 Å². The monoisotopic (exact) mass is 262 g/mol. The van der Waals surface area contributed by atoms with Gasteiger partial charge in [-0.3, -0.25) is 0 Å². The molecule has 1 heterocycles. The molecule has 0 aromatic carbocycles. The Balaban J connectivity index is 1.70. The topological polar surface area (TPSA) is 67.4 Å². The molecule has 2 atom stereocenters. The first-order chi connectivity index (χ1) is 8.07. The molecule has 0 amide bonds. The first-order valence-electron chi connectivity index (χ1n) is 6.38. The van der Waals surface area contributed by atoms with Crippen molar-refractivity contribution >= 4 is 10.0 Å². The molecule has 0 radical (unpaired) electrons. The highest BCUT2D eigenvalue weighted by Crippen LogP contribution is 2.18. The lowest BCUT2D eigenvalue weighted by Crippen LogP contribution is -2.41. The van der Waals surface area contributed by atoms with Crippen molar-refractivity contribution in [3.63, 3.8) is 0 Å². The van der Waals surface area contributed by atoms with Gasteiger partial charge in [0.05, 0.1) is 12.4 Å². The lowest BCUT2D eigenvalue weighted by molar-refractivity contribution is 0.180. The van der Waals surface area contributed by atoms with Crippen LogP contribution in [0.2, 0.25) is 0 Å². The molecule has 5 nitrogen and oxygen atoms in total. The van der Waals surface area contributed by atoms with Gasteiger partial charge >= 0.3 is 0 Å². The summed E-state index contributed by atoms with van der Waals surface area (Å²) in [4.78, 5) is 0. The van der Waals surface area contributed by atoms with Gasteiger partial charge in [-0.1, -0.05) is 0 Å². The molecule has 6 heteroatoms. The van der Waals surface area contributed by atoms with Crippen LogP contribution < -0.4 is 10.0 Å². The van der Waals surface area contributed by atoms with E-state index in [1.807, 2.05) is 6.92 Å². The molecular formula is C11H22N2O3S. The zero-order valence-corrected chi connectivity index (χ0v) is 11.1. The van der Waals surface area contributed by atoms with Gasteiger partial charge in [-0.15, -0.1) is 0 Å². The summed E-state index contributed by atoms with van der Waals surface area (Å²) in [5, 5.41) is 3.21. The van der Waals surface area contributed by atoms with Crippen LogP contribution in [0.5, 0.6) is 0 Å². The molecule has 1 aliphatic heterocycles. The summed E-state index contributed by atoms with van der Waals surface area (Å²) >= 11 is 0. The van der Waals surface area contributed by atoms with Crippen LogP contribution in [0.15, 0.2) is 0 Å². The second-order valence-corrected chi connectivity index (χ2v) is 6.95. The zero-order valence-electron chi connectivity index (χ0n) is 10.3. The number of hydrogen-bond acceptors (Lipinski definition) is 4. The highest BCUT2D eigenvalue weighted by Gasteiger charge is 2.26. The van der Waals surface area contributed by atoms with E-state index in [4.69, 9.17) is 4.74 Å². The number of sulfonamides is 1. The van der Waals surface area contributed by atoms with Crippen molar-refractivity contribution in [3.05, 3.63) is 0 Å². The normalized spacial score (nSPS) is 27.2. The first kappa shape index (κ1) is 13.3. The molecule has 17 heavy (non-hydrogen) atoms. The molecule has 1 saturated carbocycles. The van der Waals surface area contributed by atoms with Crippen molar-refractivity contribution in [2.75, 3.05) is 25.5 Å². The Morgan fingerprint density at radius 2 is 2.12 bits per heavy atom. The highest BCUT2D eigenvalue weighted by atomic mass is 32.2. The minimum atomic E-state index is -3.15. The van der Waals surface area contributed by atoms with Gasteiger partial charge in [0.1, 0.15) is 0 Å². The maximum Gasteiger partial charge on any atom is 0.213 e. The van der Waals surface area contributed by atoms with Gasteiger partial charge in [-0.05, 0) is 26.2 Å². The lowest BCUT2D eigenvalue weighted by atomic mass is 10.0. The van der Waals surface area contributed by atoms with E-state index in [-0.39, 0.29) is 11.8 Å². The molecule has 100 valence electrons. The summed E-state index contributed by atoms with van der Waals surface area (Å²) in [6, 6.07) is 0.536. The van der Waals surface area contributed by atoms with Gasteiger partial charge in [-0.2, -0.15) is 0 Å². The number of ether oxygens (including phenoxy) is 1. The van der Waals surface area contributed by atoms with E-state index in [0.29, 0.717) is 25.1 Å². The van der Waals surface area contributed by atoms with Crippen molar-refractivity contribution in [1.82, 2.24) is 10.0 Å². The maximum atomic E-state index is 11.8. The molecule has 2 unspecified atom stereocenters. The van der Waals surface area contributed by atoms with E-state index in [1.165, 1.54) is 12.8 Å². The van der Waals surface area contributed by atoms with Crippen LogP contribution in [0.25, 0.3) is 0 Å². The van der Waals surface area contributed by atoms with Crippen molar-refractivity contribution in [3.8, 4) is 0 Å². The Bertz CT molecular complexity index is 335. The molecular weight excluding hydrogens is 240 g/mol. The summed E-state index contributed by atoms with van der Waals surface area (Å²) in [6.07, 6.45) is 3.32. The van der Waals surface area contributed by atoms with Crippen LogP contribution in [0.3, 0.4) is 0 Å². The van der Waals surface area contributed by atoms with E-state index in [9.17, 15) is 8.42 Å². The molecule has 0 bridgehead atoms. The largest absolute Gasteiger partial charge is 0.381 e. The van der Waals surface area contributed by atoms with E-state index >= 15 is 0 Å². The predicted molar refractivity (Wildman–Crippen MR) is 66.3 cm³/mol. The van der Waals surface area contributed by atoms with Crippen LogP contribution >= 0.6 is 0 Å². The Kier molecular flexibility index (Phi) is 4.41. The smallest absolute Gasteiger partial charge is 0.213 e. The SMILES string of the molecule is CC(NS(=O)(=O)CCNC1CC1)C1CCOC1. The van der Waals surface area contributed by atoms with Gasteiger partial charge in [0.25, 0.3) is 0 Å². The Morgan fingerprint density at radius 3 is 2.71 bits per heavy atom. The van der Waals surface area contributed by atoms with E-state index in [2.05, 4.69) is 10.0 Å². The van der Waals surface area contributed by atoms with E-state index in [1.54, 1.807) is 0 Å². The third-order valence-corrected chi connectivity index (χ3v) is 4.89. The van der Waals surface area contributed by atoms with Gasteiger partial charge in [0.2, 0.25) is 10.0 Å². The van der Waals surface area contributed by atoms with Crippen molar-refractivity contribution in [2.45, 2.75) is 38.3 Å². The van der Waals surface area contributed by atoms with Gasteiger partial charge in [0.15, 0.2) is 0 Å². The standard InChI is InChI=1S/C11H22N2O3S/c1-9(10-4-6-16-8-10)13-17(14,15)7-5-12-11-2-3-11/h9-13H,2-8H2,1H3. The van der Waals surface area contributed by atoms with Crippen LogP contribution in [0.4, 0.5) is 0 Å². The minimum Gasteiger partial charge on any atom is -0.381 e. The highest BCUT2D eigenvalue weighted by molar-refractivity contribution is 7.89. The maximum absolute atomic E-state index is 11.8. The summed E-state index contributed by atoms with van der Waals surface area (Å²) in [7, 11) is -3.15. The predicted octanol–water partition coefficient (Wildman–Crippen LogP) is 0.0828. The molecule has 0 aromatic rings. The van der Waals surface area contributed by atoms with Crippen LogP contribution in [0.1, 0.15) is 26.2 Å². The fourth-order valence-electron chi connectivity index (χ4n) is 2.07. The van der Waals surface area contributed by atoms with Crippen molar-refractivity contribution < 1.29 is 13.2 Å². The van der Waals surface area contributed by atoms with Crippen molar-refractivity contribution in [2.24, 2.45) is 5.92 Å². The van der Waals surface area contributed by atoms with Gasteiger partial charge in [0, 0.05) is 31.2 Å². The molecule has 2 aliphatic rings. The molecule has 2 rings (SSSR count). The summed E-state index contributed by atoms with van der Waals surface area (Å²) in [6.45, 7) is 3.89. The fourth-order valence-corrected chi connectivity index (χ4v) is 3.33. The fraction of sp³-hybridized carbons (Fsp3) is 1.00.